The maximum Gasteiger partial charge on any atom is 0.267 e. The standard InChI is InChI=1S/C24H33F2N3O2/c1-15(2)10-22(30)29-21-12-18(8-9-28-21)17-6-7-20(19(11-17)23(25)26)31-14-24(5,27)13-16(3)4/h6-9,11-12,15-16,23H,10,13-14,27H2,1-5H3,(H,28,29,30). The van der Waals surface area contributed by atoms with Crippen LogP contribution in [0.4, 0.5) is 14.6 Å². The van der Waals surface area contributed by atoms with E-state index in [1.807, 2.05) is 20.8 Å². The number of hydrogen-bond donors (Lipinski definition) is 2. The van der Waals surface area contributed by atoms with E-state index in [9.17, 15) is 13.6 Å². The highest BCUT2D eigenvalue weighted by Crippen LogP contribution is 2.34. The Morgan fingerprint density at radius 1 is 1.13 bits per heavy atom. The first-order valence-corrected chi connectivity index (χ1v) is 10.6. The van der Waals surface area contributed by atoms with Crippen molar-refractivity contribution in [1.29, 1.82) is 0 Å². The van der Waals surface area contributed by atoms with E-state index in [0.717, 1.165) is 6.42 Å². The van der Waals surface area contributed by atoms with Gasteiger partial charge in [0.2, 0.25) is 5.91 Å². The number of ether oxygens (including phenoxy) is 1. The molecule has 2 rings (SSSR count). The fourth-order valence-corrected chi connectivity index (χ4v) is 3.51. The molecule has 0 aliphatic rings. The molecule has 5 nitrogen and oxygen atoms in total. The SMILES string of the molecule is CC(C)CC(=O)Nc1cc(-c2ccc(OCC(C)(N)CC(C)C)c(C(F)F)c2)ccn1. The second-order valence-corrected chi connectivity index (χ2v) is 9.17. The summed E-state index contributed by atoms with van der Waals surface area (Å²) in [6.07, 6.45) is -0.0588. The van der Waals surface area contributed by atoms with Gasteiger partial charge < -0.3 is 15.8 Å². The molecule has 0 spiro atoms. The zero-order valence-electron chi connectivity index (χ0n) is 18.9. The summed E-state index contributed by atoms with van der Waals surface area (Å²) in [6.45, 7) is 10.0. The molecule has 0 saturated carbocycles. The molecule has 1 heterocycles. The predicted molar refractivity (Wildman–Crippen MR) is 120 cm³/mol. The van der Waals surface area contributed by atoms with Crippen LogP contribution in [0, 0.1) is 11.8 Å². The van der Waals surface area contributed by atoms with Gasteiger partial charge in [-0.25, -0.2) is 13.8 Å². The zero-order chi connectivity index (χ0) is 23.2. The smallest absolute Gasteiger partial charge is 0.267 e. The summed E-state index contributed by atoms with van der Waals surface area (Å²) in [5.74, 6) is 0.967. The van der Waals surface area contributed by atoms with Crippen molar-refractivity contribution in [3.8, 4) is 16.9 Å². The van der Waals surface area contributed by atoms with Gasteiger partial charge in [0.1, 0.15) is 18.2 Å². The first-order chi connectivity index (χ1) is 14.5. The van der Waals surface area contributed by atoms with E-state index in [4.69, 9.17) is 10.5 Å². The van der Waals surface area contributed by atoms with Crippen molar-refractivity contribution in [2.24, 2.45) is 17.6 Å². The van der Waals surface area contributed by atoms with Crippen LogP contribution < -0.4 is 15.8 Å². The van der Waals surface area contributed by atoms with Crippen molar-refractivity contribution in [2.75, 3.05) is 11.9 Å². The fourth-order valence-electron chi connectivity index (χ4n) is 3.51. The molecule has 1 atom stereocenters. The lowest BCUT2D eigenvalue weighted by atomic mass is 9.93. The Hall–Kier alpha value is -2.54. The average molecular weight is 434 g/mol. The summed E-state index contributed by atoms with van der Waals surface area (Å²) in [6, 6.07) is 8.05. The highest BCUT2D eigenvalue weighted by molar-refractivity contribution is 5.90. The maximum absolute atomic E-state index is 13.7. The van der Waals surface area contributed by atoms with Crippen LogP contribution in [0.15, 0.2) is 36.5 Å². The third kappa shape index (κ3) is 7.90. The summed E-state index contributed by atoms with van der Waals surface area (Å²) in [7, 11) is 0. The monoisotopic (exact) mass is 433 g/mol. The van der Waals surface area contributed by atoms with E-state index in [-0.39, 0.29) is 29.7 Å². The molecule has 0 fully saturated rings. The van der Waals surface area contributed by atoms with Crippen LogP contribution in [0.5, 0.6) is 5.75 Å². The van der Waals surface area contributed by atoms with Gasteiger partial charge in [-0.05, 0) is 60.6 Å². The number of alkyl halides is 2. The summed E-state index contributed by atoms with van der Waals surface area (Å²) in [5, 5.41) is 2.75. The number of aromatic nitrogens is 1. The lowest BCUT2D eigenvalue weighted by molar-refractivity contribution is -0.116. The molecule has 0 aliphatic heterocycles. The van der Waals surface area contributed by atoms with E-state index in [0.29, 0.717) is 29.3 Å². The molecule has 1 aromatic heterocycles. The van der Waals surface area contributed by atoms with Crippen molar-refractivity contribution in [2.45, 2.75) is 59.4 Å². The van der Waals surface area contributed by atoms with E-state index in [1.54, 1.807) is 30.5 Å². The Kier molecular flexibility index (Phi) is 8.51. The van der Waals surface area contributed by atoms with Gasteiger partial charge in [-0.1, -0.05) is 33.8 Å². The number of nitrogens with zero attached hydrogens (tertiary/aromatic N) is 1. The Balaban J connectivity index is 2.22. The molecule has 0 bridgehead atoms. The highest BCUT2D eigenvalue weighted by atomic mass is 19.3. The van der Waals surface area contributed by atoms with E-state index < -0.39 is 12.0 Å². The van der Waals surface area contributed by atoms with Crippen LogP contribution in [-0.2, 0) is 4.79 Å². The fraction of sp³-hybridized carbons (Fsp3) is 0.500. The first-order valence-electron chi connectivity index (χ1n) is 10.6. The van der Waals surface area contributed by atoms with Crippen LogP contribution in [0.25, 0.3) is 11.1 Å². The summed E-state index contributed by atoms with van der Waals surface area (Å²) in [5.41, 5.74) is 6.70. The molecule has 1 unspecified atom stereocenters. The molecule has 3 N–H and O–H groups in total. The van der Waals surface area contributed by atoms with E-state index >= 15 is 0 Å². The molecule has 1 amide bonds. The van der Waals surface area contributed by atoms with Gasteiger partial charge >= 0.3 is 0 Å². The molecule has 1 aromatic carbocycles. The molecule has 7 heteroatoms. The maximum atomic E-state index is 13.7. The number of rotatable bonds is 10. The molecule has 0 saturated heterocycles. The Morgan fingerprint density at radius 2 is 1.81 bits per heavy atom. The minimum absolute atomic E-state index is 0.124. The van der Waals surface area contributed by atoms with Crippen LogP contribution in [0.1, 0.15) is 59.4 Å². The summed E-state index contributed by atoms with van der Waals surface area (Å²) < 4.78 is 33.2. The molecular formula is C24H33F2N3O2. The first kappa shape index (κ1) is 24.7. The van der Waals surface area contributed by atoms with Crippen LogP contribution >= 0.6 is 0 Å². The second kappa shape index (κ2) is 10.7. The normalized spacial score (nSPS) is 13.5. The Morgan fingerprint density at radius 3 is 2.42 bits per heavy atom. The lowest BCUT2D eigenvalue weighted by Gasteiger charge is -2.27. The third-order valence-electron chi connectivity index (χ3n) is 4.63. The average Bonchev–Trinajstić information content (AvgIpc) is 2.64. The van der Waals surface area contributed by atoms with Crippen molar-refractivity contribution in [3.05, 3.63) is 42.1 Å². The van der Waals surface area contributed by atoms with Gasteiger partial charge in [0.05, 0.1) is 5.56 Å². The summed E-state index contributed by atoms with van der Waals surface area (Å²) in [4.78, 5) is 16.2. The molecule has 31 heavy (non-hydrogen) atoms. The van der Waals surface area contributed by atoms with Gasteiger partial charge in [-0.3, -0.25) is 4.79 Å². The van der Waals surface area contributed by atoms with Gasteiger partial charge in [0.15, 0.2) is 0 Å². The van der Waals surface area contributed by atoms with Gasteiger partial charge in [0.25, 0.3) is 6.43 Å². The number of carbonyl (C=O) groups is 1. The number of nitrogens with one attached hydrogen (secondary N) is 1. The third-order valence-corrected chi connectivity index (χ3v) is 4.63. The van der Waals surface area contributed by atoms with Crippen LogP contribution in [-0.4, -0.2) is 23.0 Å². The van der Waals surface area contributed by atoms with Gasteiger partial charge in [-0.2, -0.15) is 0 Å². The minimum atomic E-state index is -2.70. The molecular weight excluding hydrogens is 400 g/mol. The second-order valence-electron chi connectivity index (χ2n) is 9.17. The molecule has 0 radical (unpaired) electrons. The quantitative estimate of drug-likeness (QED) is 0.495. The highest BCUT2D eigenvalue weighted by Gasteiger charge is 2.23. The van der Waals surface area contributed by atoms with Crippen LogP contribution in [0.3, 0.4) is 0 Å². The van der Waals surface area contributed by atoms with Crippen molar-refractivity contribution < 1.29 is 18.3 Å². The van der Waals surface area contributed by atoms with E-state index in [1.165, 1.54) is 6.07 Å². The number of carbonyl (C=O) groups excluding carboxylic acids is 1. The number of anilines is 1. The number of halogens is 2. The van der Waals surface area contributed by atoms with Crippen LogP contribution in [0.2, 0.25) is 0 Å². The molecule has 170 valence electrons. The molecule has 0 aliphatic carbocycles. The number of pyridine rings is 1. The molecule has 2 aromatic rings. The minimum Gasteiger partial charge on any atom is -0.491 e. The van der Waals surface area contributed by atoms with Crippen molar-refractivity contribution in [1.82, 2.24) is 4.98 Å². The Bertz CT molecular complexity index is 883. The zero-order valence-corrected chi connectivity index (χ0v) is 18.9. The Labute approximate surface area is 183 Å². The summed E-state index contributed by atoms with van der Waals surface area (Å²) >= 11 is 0. The number of amides is 1. The van der Waals surface area contributed by atoms with Crippen molar-refractivity contribution in [3.63, 3.8) is 0 Å². The number of nitrogens with two attached hydrogens (primary N) is 1. The van der Waals surface area contributed by atoms with Gasteiger partial charge in [0, 0.05) is 18.2 Å². The lowest BCUT2D eigenvalue weighted by Crippen LogP contribution is -2.43. The topological polar surface area (TPSA) is 77.2 Å². The number of benzene rings is 1. The number of hydrogen-bond acceptors (Lipinski definition) is 4. The largest absolute Gasteiger partial charge is 0.491 e. The van der Waals surface area contributed by atoms with E-state index in [2.05, 4.69) is 24.1 Å². The van der Waals surface area contributed by atoms with Gasteiger partial charge in [-0.15, -0.1) is 0 Å². The predicted octanol–water partition coefficient (Wildman–Crippen LogP) is 5.81. The van der Waals surface area contributed by atoms with Crippen molar-refractivity contribution >= 4 is 11.7 Å².